The first-order valence-electron chi connectivity index (χ1n) is 34.4. The number of hydrogen-bond donors (Lipinski definition) is 0. The van der Waals surface area contributed by atoms with Gasteiger partial charge in [-0.1, -0.05) is 310 Å². The first kappa shape index (κ1) is 77.1. The van der Waals surface area contributed by atoms with Crippen LogP contribution >= 0.6 is 0 Å². The van der Waals surface area contributed by atoms with Gasteiger partial charge in [0.15, 0.2) is 6.10 Å². The standard InChI is InChI=1S/C75H128O6/c1-4-7-10-13-16-19-21-23-25-27-29-31-33-35-37-39-41-43-45-47-49-51-53-56-59-62-65-68-74(77)80-71-72(70-79-73(76)67-64-61-58-55-18-15-12-9-6-3)81-75(78)69-66-63-60-57-54-52-50-48-46-44-42-40-38-36-34-32-30-28-26-24-22-20-17-14-11-8-5-2/h7,10,16,19,23,25,28-31,35,37,41,43,47,49,53,56,72H,4-6,8-9,11-15,17-18,20-22,24,26-27,32-34,36,38-40,42,44-46,48,50-52,54-55,57-71H2,1-3H3/b10-7-,19-16-,25-23-,30-28-,31-29-,37-35-,43-41-,49-47-,56-53-. The summed E-state index contributed by atoms with van der Waals surface area (Å²) in [6.07, 6.45) is 94.1. The lowest BCUT2D eigenvalue weighted by Crippen LogP contribution is -2.30. The quantitative estimate of drug-likeness (QED) is 0.0261. The van der Waals surface area contributed by atoms with Crippen molar-refractivity contribution >= 4 is 17.9 Å². The lowest BCUT2D eigenvalue weighted by Gasteiger charge is -2.18. The van der Waals surface area contributed by atoms with Crippen molar-refractivity contribution in [2.75, 3.05) is 13.2 Å². The average Bonchev–Trinajstić information content (AvgIpc) is 3.47. The van der Waals surface area contributed by atoms with Gasteiger partial charge in [0, 0.05) is 19.3 Å². The van der Waals surface area contributed by atoms with Crippen LogP contribution in [0.15, 0.2) is 109 Å². The summed E-state index contributed by atoms with van der Waals surface area (Å²) in [4.78, 5) is 38.2. The van der Waals surface area contributed by atoms with E-state index >= 15 is 0 Å². The zero-order valence-electron chi connectivity index (χ0n) is 53.3. The minimum atomic E-state index is -0.796. The Balaban J connectivity index is 4.26. The summed E-state index contributed by atoms with van der Waals surface area (Å²) in [5, 5.41) is 0. The molecule has 0 bridgehead atoms. The van der Waals surface area contributed by atoms with Crippen LogP contribution in [-0.2, 0) is 28.6 Å². The molecule has 464 valence electrons. The summed E-state index contributed by atoms with van der Waals surface area (Å²) >= 11 is 0. The fourth-order valence-electron chi connectivity index (χ4n) is 9.63. The van der Waals surface area contributed by atoms with Gasteiger partial charge < -0.3 is 14.2 Å². The first-order valence-corrected chi connectivity index (χ1v) is 34.4. The monoisotopic (exact) mass is 1120 g/mol. The highest BCUT2D eigenvalue weighted by Crippen LogP contribution is 2.17. The SMILES string of the molecule is CC/C=C\C/C=C\C/C=C\C/C=C\C/C=C\C/C=C\C/C=C\C/C=C\CCCCC(=O)OCC(COC(=O)CCCCCCCCCCC)OC(=O)CCCCCCCCCCCCCCCCC/C=C\CCCCCCCCCC. The van der Waals surface area contributed by atoms with Crippen LogP contribution in [0.1, 0.15) is 329 Å². The van der Waals surface area contributed by atoms with Crippen LogP contribution in [0.25, 0.3) is 0 Å². The molecule has 6 heteroatoms. The molecule has 0 aliphatic carbocycles. The van der Waals surface area contributed by atoms with E-state index in [1.807, 2.05) is 0 Å². The van der Waals surface area contributed by atoms with Crippen molar-refractivity contribution in [1.82, 2.24) is 0 Å². The molecule has 0 aliphatic rings. The number of carbonyl (C=O) groups excluding carboxylic acids is 3. The van der Waals surface area contributed by atoms with E-state index in [0.717, 1.165) is 109 Å². The molecular formula is C75H128O6. The van der Waals surface area contributed by atoms with Gasteiger partial charge in [-0.15, -0.1) is 0 Å². The van der Waals surface area contributed by atoms with Crippen molar-refractivity contribution < 1.29 is 28.6 Å². The van der Waals surface area contributed by atoms with Crippen LogP contribution in [-0.4, -0.2) is 37.2 Å². The maximum atomic E-state index is 12.9. The van der Waals surface area contributed by atoms with E-state index in [2.05, 4.69) is 130 Å². The predicted octanol–water partition coefficient (Wildman–Crippen LogP) is 23.8. The molecule has 0 aromatic carbocycles. The maximum Gasteiger partial charge on any atom is 0.306 e. The molecule has 0 aliphatic heterocycles. The summed E-state index contributed by atoms with van der Waals surface area (Å²) in [5.74, 6) is -0.928. The summed E-state index contributed by atoms with van der Waals surface area (Å²) in [6, 6.07) is 0. The third kappa shape index (κ3) is 66.8. The van der Waals surface area contributed by atoms with E-state index in [4.69, 9.17) is 14.2 Å². The van der Waals surface area contributed by atoms with Gasteiger partial charge in [0.05, 0.1) is 0 Å². The molecule has 0 aromatic heterocycles. The highest BCUT2D eigenvalue weighted by molar-refractivity contribution is 5.71. The van der Waals surface area contributed by atoms with Gasteiger partial charge in [0.1, 0.15) is 13.2 Å². The number of carbonyl (C=O) groups is 3. The largest absolute Gasteiger partial charge is 0.462 e. The third-order valence-electron chi connectivity index (χ3n) is 14.8. The second kappa shape index (κ2) is 68.6. The molecule has 0 N–H and O–H groups in total. The maximum absolute atomic E-state index is 12.9. The normalized spacial score (nSPS) is 12.8. The topological polar surface area (TPSA) is 78.9 Å². The second-order valence-electron chi connectivity index (χ2n) is 22.7. The molecule has 0 amide bonds. The molecular weight excluding hydrogens is 997 g/mol. The van der Waals surface area contributed by atoms with Gasteiger partial charge in [-0.2, -0.15) is 0 Å². The van der Waals surface area contributed by atoms with Crippen LogP contribution in [0.2, 0.25) is 0 Å². The second-order valence-corrected chi connectivity index (χ2v) is 22.7. The van der Waals surface area contributed by atoms with Crippen LogP contribution in [0, 0.1) is 0 Å². The van der Waals surface area contributed by atoms with Gasteiger partial charge in [0.25, 0.3) is 0 Å². The Bertz CT molecular complexity index is 1620. The Morgan fingerprint density at radius 2 is 0.481 bits per heavy atom. The van der Waals surface area contributed by atoms with Crippen molar-refractivity contribution in [3.63, 3.8) is 0 Å². The Kier molecular flexibility index (Phi) is 65.2. The van der Waals surface area contributed by atoms with Crippen molar-refractivity contribution in [2.24, 2.45) is 0 Å². The van der Waals surface area contributed by atoms with Gasteiger partial charge in [0.2, 0.25) is 0 Å². The molecule has 0 saturated heterocycles. The lowest BCUT2D eigenvalue weighted by atomic mass is 10.0. The van der Waals surface area contributed by atoms with Crippen LogP contribution in [0.5, 0.6) is 0 Å². The zero-order chi connectivity index (χ0) is 58.5. The summed E-state index contributed by atoms with van der Waals surface area (Å²) in [5.41, 5.74) is 0. The van der Waals surface area contributed by atoms with Crippen LogP contribution < -0.4 is 0 Å². The predicted molar refractivity (Wildman–Crippen MR) is 353 cm³/mol. The summed E-state index contributed by atoms with van der Waals surface area (Å²) < 4.78 is 16.9. The highest BCUT2D eigenvalue weighted by atomic mass is 16.6. The van der Waals surface area contributed by atoms with E-state index in [1.165, 1.54) is 180 Å². The minimum Gasteiger partial charge on any atom is -0.462 e. The van der Waals surface area contributed by atoms with E-state index in [0.29, 0.717) is 19.3 Å². The number of ether oxygens (including phenoxy) is 3. The molecule has 0 rings (SSSR count). The van der Waals surface area contributed by atoms with Gasteiger partial charge in [-0.25, -0.2) is 0 Å². The third-order valence-corrected chi connectivity index (χ3v) is 14.8. The van der Waals surface area contributed by atoms with Crippen molar-refractivity contribution in [3.8, 4) is 0 Å². The Morgan fingerprint density at radius 1 is 0.259 bits per heavy atom. The van der Waals surface area contributed by atoms with Crippen LogP contribution in [0.3, 0.4) is 0 Å². The van der Waals surface area contributed by atoms with Crippen molar-refractivity contribution in [3.05, 3.63) is 109 Å². The lowest BCUT2D eigenvalue weighted by molar-refractivity contribution is -0.167. The highest BCUT2D eigenvalue weighted by Gasteiger charge is 2.19. The van der Waals surface area contributed by atoms with E-state index < -0.39 is 6.10 Å². The Labute approximate surface area is 501 Å². The number of rotatable bonds is 62. The number of allylic oxidation sites excluding steroid dienone is 18. The van der Waals surface area contributed by atoms with E-state index in [1.54, 1.807) is 0 Å². The summed E-state index contributed by atoms with van der Waals surface area (Å²) in [7, 11) is 0. The molecule has 0 fully saturated rings. The van der Waals surface area contributed by atoms with Crippen LogP contribution in [0.4, 0.5) is 0 Å². The number of unbranched alkanes of at least 4 members (excludes halogenated alkanes) is 33. The first-order chi connectivity index (χ1) is 40.0. The summed E-state index contributed by atoms with van der Waals surface area (Å²) in [6.45, 7) is 6.50. The fourth-order valence-corrected chi connectivity index (χ4v) is 9.63. The smallest absolute Gasteiger partial charge is 0.306 e. The van der Waals surface area contributed by atoms with E-state index in [-0.39, 0.29) is 31.1 Å². The molecule has 0 saturated carbocycles. The molecule has 6 nitrogen and oxygen atoms in total. The average molecular weight is 1130 g/mol. The number of hydrogen-bond acceptors (Lipinski definition) is 6. The molecule has 81 heavy (non-hydrogen) atoms. The molecule has 0 aromatic rings. The van der Waals surface area contributed by atoms with Gasteiger partial charge >= 0.3 is 17.9 Å². The van der Waals surface area contributed by atoms with Crippen molar-refractivity contribution in [2.45, 2.75) is 335 Å². The molecule has 1 unspecified atom stereocenters. The molecule has 0 heterocycles. The molecule has 1 atom stereocenters. The van der Waals surface area contributed by atoms with E-state index in [9.17, 15) is 14.4 Å². The fraction of sp³-hybridized carbons (Fsp3) is 0.720. The van der Waals surface area contributed by atoms with Gasteiger partial charge in [-0.05, 0) is 109 Å². The number of esters is 3. The van der Waals surface area contributed by atoms with Gasteiger partial charge in [-0.3, -0.25) is 14.4 Å². The Morgan fingerprint density at radius 3 is 0.790 bits per heavy atom. The minimum absolute atomic E-state index is 0.0898. The zero-order valence-corrected chi connectivity index (χ0v) is 53.3. The molecule has 0 radical (unpaired) electrons. The van der Waals surface area contributed by atoms with Crippen molar-refractivity contribution in [1.29, 1.82) is 0 Å². The Hall–Kier alpha value is -3.93. The molecule has 0 spiro atoms.